The van der Waals surface area contributed by atoms with Crippen molar-refractivity contribution in [3.8, 4) is 10.8 Å². The molecule has 1 saturated heterocycles. The number of hydrogen-bond acceptors (Lipinski definition) is 7. The number of likely N-dealkylation sites (tertiary alicyclic amines) is 1. The van der Waals surface area contributed by atoms with E-state index in [1.54, 1.807) is 10.7 Å². The molecule has 4 heterocycles. The van der Waals surface area contributed by atoms with Crippen LogP contribution >= 0.6 is 23.1 Å². The summed E-state index contributed by atoms with van der Waals surface area (Å²) in [5.74, 6) is 0.857. The zero-order valence-electron chi connectivity index (χ0n) is 14.5. The molecule has 3 aromatic rings. The summed E-state index contributed by atoms with van der Waals surface area (Å²) in [5.41, 5.74) is 0.676. The van der Waals surface area contributed by atoms with Crippen molar-refractivity contribution in [2.24, 2.45) is 0 Å². The first kappa shape index (κ1) is 17.4. The highest BCUT2D eigenvalue weighted by Gasteiger charge is 2.26. The second kappa shape index (κ2) is 7.71. The number of fused-ring (bicyclic) bond motifs is 1. The average molecular weight is 389 g/mol. The van der Waals surface area contributed by atoms with E-state index in [4.69, 9.17) is 0 Å². The molecule has 1 amide bonds. The predicted molar refractivity (Wildman–Crippen MR) is 102 cm³/mol. The van der Waals surface area contributed by atoms with E-state index < -0.39 is 0 Å². The molecule has 1 atom stereocenters. The van der Waals surface area contributed by atoms with Gasteiger partial charge in [-0.05, 0) is 37.8 Å². The summed E-state index contributed by atoms with van der Waals surface area (Å²) in [6, 6.07) is 3.80. The van der Waals surface area contributed by atoms with Crippen molar-refractivity contribution in [1.29, 1.82) is 0 Å². The number of thioether (sulfide) groups is 1. The van der Waals surface area contributed by atoms with E-state index in [-0.39, 0.29) is 11.2 Å². The van der Waals surface area contributed by atoms with E-state index in [2.05, 4.69) is 27.2 Å². The van der Waals surface area contributed by atoms with E-state index >= 15 is 0 Å². The summed E-state index contributed by atoms with van der Waals surface area (Å²) in [4.78, 5) is 19.1. The monoisotopic (exact) mass is 388 g/mol. The van der Waals surface area contributed by atoms with Gasteiger partial charge in [-0.2, -0.15) is 9.61 Å². The van der Waals surface area contributed by atoms with Crippen LogP contribution in [-0.4, -0.2) is 53.9 Å². The Bertz CT molecular complexity index is 888. The quantitative estimate of drug-likeness (QED) is 0.625. The fourth-order valence-corrected chi connectivity index (χ4v) is 4.66. The van der Waals surface area contributed by atoms with Crippen LogP contribution in [0.15, 0.2) is 28.7 Å². The number of thiazole rings is 1. The highest BCUT2D eigenvalue weighted by atomic mass is 32.2. The lowest BCUT2D eigenvalue weighted by atomic mass is 10.1. The van der Waals surface area contributed by atoms with Crippen molar-refractivity contribution in [1.82, 2.24) is 29.7 Å². The van der Waals surface area contributed by atoms with Crippen molar-refractivity contribution >= 4 is 34.7 Å². The van der Waals surface area contributed by atoms with E-state index in [9.17, 15) is 4.79 Å². The van der Waals surface area contributed by atoms with Crippen LogP contribution in [0.4, 0.5) is 0 Å². The first-order valence-electron chi connectivity index (χ1n) is 8.84. The minimum Gasteiger partial charge on any atom is -0.342 e. The molecule has 136 valence electrons. The number of carbonyl (C=O) groups excluding carboxylic acids is 1. The number of piperidine rings is 1. The van der Waals surface area contributed by atoms with Gasteiger partial charge in [-0.1, -0.05) is 18.7 Å². The molecule has 3 aromatic heterocycles. The number of hydrogen-bond donors (Lipinski definition) is 0. The second-order valence-electron chi connectivity index (χ2n) is 6.20. The molecule has 1 fully saturated rings. The fraction of sp³-hybridized carbons (Fsp3) is 0.471. The lowest BCUT2D eigenvalue weighted by Crippen LogP contribution is -2.40. The van der Waals surface area contributed by atoms with Gasteiger partial charge >= 0.3 is 0 Å². The smallest absolute Gasteiger partial charge is 0.236 e. The Hall–Kier alpha value is -2.00. The van der Waals surface area contributed by atoms with Gasteiger partial charge in [0.1, 0.15) is 5.03 Å². The van der Waals surface area contributed by atoms with Crippen LogP contribution in [0.5, 0.6) is 0 Å². The van der Waals surface area contributed by atoms with Crippen molar-refractivity contribution in [2.75, 3.05) is 13.1 Å². The molecule has 0 aliphatic carbocycles. The molecule has 1 aliphatic rings. The average Bonchev–Trinajstić information content (AvgIpc) is 3.35. The summed E-state index contributed by atoms with van der Waals surface area (Å²) < 4.78 is 1.71. The maximum Gasteiger partial charge on any atom is 0.236 e. The van der Waals surface area contributed by atoms with Gasteiger partial charge in [0, 0.05) is 24.7 Å². The SMILES string of the molecule is CC[C@@H](Sc1ccc2nnc(-c3nccs3)n2n1)C(=O)N1CCCCC1. The first-order valence-corrected chi connectivity index (χ1v) is 10.6. The molecule has 0 radical (unpaired) electrons. The van der Waals surface area contributed by atoms with Crippen LogP contribution in [0.25, 0.3) is 16.5 Å². The summed E-state index contributed by atoms with van der Waals surface area (Å²) in [6.07, 6.45) is 5.95. The number of carbonyl (C=O) groups is 1. The van der Waals surface area contributed by atoms with Gasteiger partial charge in [0.2, 0.25) is 11.7 Å². The molecule has 7 nitrogen and oxygen atoms in total. The Balaban J connectivity index is 1.57. The third kappa shape index (κ3) is 3.45. The highest BCUT2D eigenvalue weighted by Crippen LogP contribution is 2.27. The topological polar surface area (TPSA) is 76.3 Å². The molecular weight excluding hydrogens is 368 g/mol. The van der Waals surface area contributed by atoms with Crippen LogP contribution in [0, 0.1) is 0 Å². The van der Waals surface area contributed by atoms with Crippen LogP contribution in [0.1, 0.15) is 32.6 Å². The standard InChI is InChI=1S/C17H20N6OS2/c1-2-12(17(24)22-9-4-3-5-10-22)26-14-7-6-13-19-20-15(23(13)21-14)16-18-8-11-25-16/h6-8,11-12H,2-5,9-10H2,1H3/t12-/m1/s1. The third-order valence-corrected chi connectivity index (χ3v) is 6.49. The van der Waals surface area contributed by atoms with Gasteiger partial charge < -0.3 is 4.90 Å². The van der Waals surface area contributed by atoms with Crippen LogP contribution in [0.2, 0.25) is 0 Å². The van der Waals surface area contributed by atoms with E-state index in [1.807, 2.05) is 22.4 Å². The molecule has 26 heavy (non-hydrogen) atoms. The zero-order valence-corrected chi connectivity index (χ0v) is 16.2. The molecule has 1 aliphatic heterocycles. The minimum absolute atomic E-state index is 0.113. The molecule has 0 N–H and O–H groups in total. The first-order chi connectivity index (χ1) is 12.8. The Labute approximate surface area is 159 Å². The zero-order chi connectivity index (χ0) is 17.9. The van der Waals surface area contributed by atoms with E-state index in [1.165, 1.54) is 29.5 Å². The second-order valence-corrected chi connectivity index (χ2v) is 8.32. The van der Waals surface area contributed by atoms with Crippen molar-refractivity contribution in [2.45, 2.75) is 42.9 Å². The van der Waals surface area contributed by atoms with E-state index in [0.717, 1.165) is 42.4 Å². The summed E-state index contributed by atoms with van der Waals surface area (Å²) in [5, 5.41) is 16.4. The van der Waals surface area contributed by atoms with Gasteiger partial charge in [-0.25, -0.2) is 4.98 Å². The Morgan fingerprint density at radius 1 is 1.27 bits per heavy atom. The summed E-state index contributed by atoms with van der Waals surface area (Å²) >= 11 is 3.02. The highest BCUT2D eigenvalue weighted by molar-refractivity contribution is 8.00. The number of amides is 1. The number of nitrogens with zero attached hydrogens (tertiary/aromatic N) is 6. The molecular formula is C17H20N6OS2. The predicted octanol–water partition coefficient (Wildman–Crippen LogP) is 3.13. The molecule has 0 bridgehead atoms. The van der Waals surface area contributed by atoms with Gasteiger partial charge in [-0.3, -0.25) is 4.79 Å². The summed E-state index contributed by atoms with van der Waals surface area (Å²) in [6.45, 7) is 3.81. The van der Waals surface area contributed by atoms with Crippen LogP contribution in [-0.2, 0) is 4.79 Å². The summed E-state index contributed by atoms with van der Waals surface area (Å²) in [7, 11) is 0. The molecule has 0 spiro atoms. The Kier molecular flexibility index (Phi) is 5.16. The van der Waals surface area contributed by atoms with Crippen LogP contribution < -0.4 is 0 Å². The number of aromatic nitrogens is 5. The van der Waals surface area contributed by atoms with E-state index in [0.29, 0.717) is 11.5 Å². The maximum absolute atomic E-state index is 12.8. The Morgan fingerprint density at radius 2 is 2.12 bits per heavy atom. The Morgan fingerprint density at radius 3 is 2.85 bits per heavy atom. The molecule has 9 heteroatoms. The van der Waals surface area contributed by atoms with Gasteiger partial charge in [0.05, 0.1) is 5.25 Å². The van der Waals surface area contributed by atoms with Crippen molar-refractivity contribution in [3.05, 3.63) is 23.7 Å². The minimum atomic E-state index is -0.113. The van der Waals surface area contributed by atoms with Crippen molar-refractivity contribution in [3.63, 3.8) is 0 Å². The largest absolute Gasteiger partial charge is 0.342 e. The lowest BCUT2D eigenvalue weighted by Gasteiger charge is -2.29. The fourth-order valence-electron chi connectivity index (χ4n) is 3.07. The molecule has 0 aromatic carbocycles. The lowest BCUT2D eigenvalue weighted by molar-refractivity contribution is -0.131. The number of rotatable bonds is 5. The van der Waals surface area contributed by atoms with Gasteiger partial charge in [-0.15, -0.1) is 21.5 Å². The van der Waals surface area contributed by atoms with Crippen molar-refractivity contribution < 1.29 is 4.79 Å². The van der Waals surface area contributed by atoms with Gasteiger partial charge in [0.25, 0.3) is 0 Å². The molecule has 4 rings (SSSR count). The molecule has 0 saturated carbocycles. The normalized spacial score (nSPS) is 16.1. The third-order valence-electron chi connectivity index (χ3n) is 4.44. The maximum atomic E-state index is 12.8. The molecule has 0 unspecified atom stereocenters. The van der Waals surface area contributed by atoms with Gasteiger partial charge in [0.15, 0.2) is 10.7 Å². The van der Waals surface area contributed by atoms with Crippen LogP contribution in [0.3, 0.4) is 0 Å².